The maximum absolute atomic E-state index is 9.33. The average Bonchev–Trinajstić information content (AvgIpc) is 2.43. The van der Waals surface area contributed by atoms with Crippen LogP contribution in [0.5, 0.6) is 0 Å². The van der Waals surface area contributed by atoms with Crippen molar-refractivity contribution in [1.82, 2.24) is 0 Å². The number of aliphatic hydroxyl groups excluding tert-OH is 1. The maximum Gasteiger partial charge on any atom is 0.192 e. The summed E-state index contributed by atoms with van der Waals surface area (Å²) in [5.74, 6) is 0.126. The highest BCUT2D eigenvalue weighted by molar-refractivity contribution is 6.74. The van der Waals surface area contributed by atoms with Crippen molar-refractivity contribution in [3.05, 3.63) is 0 Å². The summed E-state index contributed by atoms with van der Waals surface area (Å²) in [6.07, 6.45) is -0.370. The third kappa shape index (κ3) is 3.13. The Kier molecular flexibility index (Phi) is 4.51. The lowest BCUT2D eigenvalue weighted by Crippen LogP contribution is -2.48. The van der Waals surface area contributed by atoms with Gasteiger partial charge in [0.2, 0.25) is 0 Å². The van der Waals surface area contributed by atoms with E-state index in [0.29, 0.717) is 0 Å². The van der Waals surface area contributed by atoms with Gasteiger partial charge >= 0.3 is 0 Å². The highest BCUT2D eigenvalue weighted by Crippen LogP contribution is 2.40. The zero-order chi connectivity index (χ0) is 13.4. The summed E-state index contributed by atoms with van der Waals surface area (Å²) in [5.41, 5.74) is 0. The molecular formula is C12H25BO3Si. The Morgan fingerprint density at radius 2 is 1.88 bits per heavy atom. The molecule has 0 aromatic heterocycles. The maximum atomic E-state index is 9.33. The van der Waals surface area contributed by atoms with Crippen molar-refractivity contribution in [1.29, 1.82) is 0 Å². The fourth-order valence-corrected chi connectivity index (χ4v) is 3.18. The van der Waals surface area contributed by atoms with Crippen molar-refractivity contribution in [3.63, 3.8) is 0 Å². The minimum atomic E-state index is -1.85. The van der Waals surface area contributed by atoms with E-state index in [2.05, 4.69) is 33.9 Å². The van der Waals surface area contributed by atoms with Crippen molar-refractivity contribution >= 4 is 16.2 Å². The van der Waals surface area contributed by atoms with Gasteiger partial charge in [-0.15, -0.1) is 0 Å². The first kappa shape index (κ1) is 15.2. The Bertz CT molecular complexity index is 265. The highest BCUT2D eigenvalue weighted by atomic mass is 28.4. The molecule has 2 radical (unpaired) electrons. The van der Waals surface area contributed by atoms with Crippen LogP contribution in [0, 0.1) is 5.92 Å². The summed E-state index contributed by atoms with van der Waals surface area (Å²) in [6.45, 7) is 13.0. The molecule has 1 rings (SSSR count). The first-order valence-electron chi connectivity index (χ1n) is 6.30. The molecule has 1 fully saturated rings. The monoisotopic (exact) mass is 256 g/mol. The molecule has 1 aliphatic rings. The lowest BCUT2D eigenvalue weighted by atomic mass is 9.86. The molecule has 4 atom stereocenters. The summed E-state index contributed by atoms with van der Waals surface area (Å²) in [4.78, 5) is 0. The van der Waals surface area contributed by atoms with Crippen LogP contribution in [0.15, 0.2) is 0 Å². The zero-order valence-electron chi connectivity index (χ0n) is 11.9. The van der Waals surface area contributed by atoms with E-state index < -0.39 is 8.32 Å². The van der Waals surface area contributed by atoms with E-state index in [1.54, 1.807) is 0 Å². The molecule has 17 heavy (non-hydrogen) atoms. The predicted octanol–water partition coefficient (Wildman–Crippen LogP) is 1.90. The number of ether oxygens (including phenoxy) is 1. The molecule has 1 N–H and O–H groups in total. The van der Waals surface area contributed by atoms with Crippen LogP contribution >= 0.6 is 0 Å². The zero-order valence-corrected chi connectivity index (χ0v) is 12.9. The smallest absolute Gasteiger partial charge is 0.192 e. The van der Waals surface area contributed by atoms with Gasteiger partial charge in [0.05, 0.1) is 12.7 Å². The molecule has 1 heterocycles. The molecule has 0 bridgehead atoms. The molecule has 0 spiro atoms. The molecule has 0 amide bonds. The minimum Gasteiger partial charge on any atom is -0.411 e. The molecule has 0 aliphatic carbocycles. The molecule has 0 aromatic rings. The lowest BCUT2D eigenvalue weighted by Gasteiger charge is -2.40. The van der Waals surface area contributed by atoms with Gasteiger partial charge in [0, 0.05) is 11.9 Å². The molecule has 5 heteroatoms. The van der Waals surface area contributed by atoms with E-state index in [4.69, 9.17) is 17.0 Å². The number of aliphatic hydroxyl groups is 1. The van der Waals surface area contributed by atoms with Crippen LogP contribution in [0.1, 0.15) is 27.7 Å². The van der Waals surface area contributed by atoms with Gasteiger partial charge in [-0.3, -0.25) is 0 Å². The molecule has 98 valence electrons. The number of hydrogen-bond donors (Lipinski definition) is 1. The highest BCUT2D eigenvalue weighted by Gasteiger charge is 2.46. The largest absolute Gasteiger partial charge is 0.411 e. The lowest BCUT2D eigenvalue weighted by molar-refractivity contribution is -0.000685. The van der Waals surface area contributed by atoms with Crippen LogP contribution in [-0.2, 0) is 9.16 Å². The van der Waals surface area contributed by atoms with E-state index in [-0.39, 0.29) is 35.8 Å². The SMILES string of the molecule is [B][C@@H]1O[C@H](CO)[C@@H](O[Si](C)(C)C(C)(C)C)[C@@H]1C. The topological polar surface area (TPSA) is 38.7 Å². The first-order chi connectivity index (χ1) is 7.60. The molecular weight excluding hydrogens is 231 g/mol. The van der Waals surface area contributed by atoms with Gasteiger partial charge in [-0.1, -0.05) is 27.7 Å². The normalized spacial score (nSPS) is 35.2. The van der Waals surface area contributed by atoms with Crippen LogP contribution in [-0.4, -0.2) is 46.1 Å². The average molecular weight is 256 g/mol. The second-order valence-corrected chi connectivity index (χ2v) is 11.3. The van der Waals surface area contributed by atoms with Crippen molar-refractivity contribution in [2.45, 2.75) is 64.0 Å². The fraction of sp³-hybridized carbons (Fsp3) is 1.00. The molecule has 0 unspecified atom stereocenters. The van der Waals surface area contributed by atoms with Gasteiger partial charge in [0.15, 0.2) is 8.32 Å². The molecule has 0 aromatic carbocycles. The summed E-state index contributed by atoms with van der Waals surface area (Å²) < 4.78 is 11.8. The third-order valence-corrected chi connectivity index (χ3v) is 8.63. The van der Waals surface area contributed by atoms with Gasteiger partial charge < -0.3 is 14.3 Å². The van der Waals surface area contributed by atoms with Crippen LogP contribution in [0.3, 0.4) is 0 Å². The summed E-state index contributed by atoms with van der Waals surface area (Å²) >= 11 is 0. The quantitative estimate of drug-likeness (QED) is 0.784. The predicted molar refractivity (Wildman–Crippen MR) is 72.7 cm³/mol. The standard InChI is InChI=1S/C12H25BO3Si/c1-8-10(9(7-14)15-11(8)13)16-17(5,6)12(2,3)4/h8-11,14H,7H2,1-6H3/t8-,9+,10-,11+/m0/s1. The Balaban J connectivity index is 2.79. The Morgan fingerprint density at radius 3 is 2.29 bits per heavy atom. The molecule has 1 aliphatic heterocycles. The van der Waals surface area contributed by atoms with Gasteiger partial charge in [-0.05, 0) is 18.1 Å². The summed E-state index contributed by atoms with van der Waals surface area (Å²) in [7, 11) is 4.02. The van der Waals surface area contributed by atoms with Gasteiger partial charge in [0.25, 0.3) is 0 Å². The van der Waals surface area contributed by atoms with Crippen LogP contribution in [0.2, 0.25) is 18.1 Å². The Labute approximate surface area is 107 Å². The number of hydrogen-bond acceptors (Lipinski definition) is 3. The summed E-state index contributed by atoms with van der Waals surface area (Å²) in [5, 5.41) is 9.48. The fourth-order valence-electron chi connectivity index (χ4n) is 1.78. The summed E-state index contributed by atoms with van der Waals surface area (Å²) in [6, 6.07) is -0.332. The van der Waals surface area contributed by atoms with E-state index >= 15 is 0 Å². The number of rotatable bonds is 3. The van der Waals surface area contributed by atoms with Crippen LogP contribution in [0.4, 0.5) is 0 Å². The van der Waals surface area contributed by atoms with Gasteiger partial charge in [-0.2, -0.15) is 0 Å². The van der Waals surface area contributed by atoms with E-state index in [1.807, 2.05) is 6.92 Å². The van der Waals surface area contributed by atoms with Crippen LogP contribution in [0.25, 0.3) is 0 Å². The second-order valence-electron chi connectivity index (χ2n) is 6.52. The van der Waals surface area contributed by atoms with E-state index in [0.717, 1.165) is 0 Å². The van der Waals surface area contributed by atoms with Gasteiger partial charge in [0.1, 0.15) is 14.0 Å². The Hall–Kier alpha value is 0.162. The van der Waals surface area contributed by atoms with E-state index in [9.17, 15) is 5.11 Å². The Morgan fingerprint density at radius 1 is 1.35 bits per heavy atom. The van der Waals surface area contributed by atoms with Crippen molar-refractivity contribution in [2.24, 2.45) is 5.92 Å². The van der Waals surface area contributed by atoms with Gasteiger partial charge in [-0.25, -0.2) is 0 Å². The molecule has 3 nitrogen and oxygen atoms in total. The van der Waals surface area contributed by atoms with Crippen molar-refractivity contribution in [2.75, 3.05) is 6.61 Å². The van der Waals surface area contributed by atoms with Crippen LogP contribution < -0.4 is 0 Å². The second kappa shape index (κ2) is 5.04. The van der Waals surface area contributed by atoms with E-state index in [1.165, 1.54) is 0 Å². The van der Waals surface area contributed by atoms with Crippen molar-refractivity contribution in [3.8, 4) is 0 Å². The molecule has 1 saturated heterocycles. The van der Waals surface area contributed by atoms with Crippen molar-refractivity contribution < 1.29 is 14.3 Å². The molecule has 0 saturated carbocycles. The third-order valence-electron chi connectivity index (χ3n) is 4.15. The minimum absolute atomic E-state index is 0.0304. The first-order valence-corrected chi connectivity index (χ1v) is 9.20.